The van der Waals surface area contributed by atoms with E-state index in [9.17, 15) is 0 Å². The Morgan fingerprint density at radius 3 is 2.83 bits per heavy atom. The van der Waals surface area contributed by atoms with Crippen LogP contribution in [0.15, 0.2) is 24.3 Å². The molecular formula is C13H15N5. The minimum Gasteiger partial charge on any atom is -0.344 e. The summed E-state index contributed by atoms with van der Waals surface area (Å²) >= 11 is 0. The standard InChI is InChI=1S/C13H15N5/c1-9-10(2)18(8-7-13-14-16-17-15-13)12-6-4-3-5-11(9)12/h3-6H,7-8H2,1-2H3,(H,14,15,16,17). The number of para-hydroxylation sites is 1. The number of fused-ring (bicyclic) bond motifs is 1. The molecule has 2 heterocycles. The number of hydrogen-bond donors (Lipinski definition) is 1. The van der Waals surface area contributed by atoms with Gasteiger partial charge in [0.2, 0.25) is 0 Å². The van der Waals surface area contributed by atoms with Crippen LogP contribution < -0.4 is 0 Å². The van der Waals surface area contributed by atoms with Crippen molar-refractivity contribution in [3.63, 3.8) is 0 Å². The Morgan fingerprint density at radius 2 is 2.06 bits per heavy atom. The molecule has 1 aromatic carbocycles. The number of benzene rings is 1. The number of H-pyrrole nitrogens is 1. The van der Waals surface area contributed by atoms with E-state index in [0.29, 0.717) is 0 Å². The average molecular weight is 241 g/mol. The van der Waals surface area contributed by atoms with Gasteiger partial charge in [-0.3, -0.25) is 0 Å². The Kier molecular flexibility index (Phi) is 2.59. The van der Waals surface area contributed by atoms with E-state index in [0.717, 1.165) is 18.8 Å². The second kappa shape index (κ2) is 4.25. The average Bonchev–Trinajstić information content (AvgIpc) is 2.98. The molecule has 0 amide bonds. The fourth-order valence-corrected chi connectivity index (χ4v) is 2.39. The normalized spacial score (nSPS) is 11.2. The van der Waals surface area contributed by atoms with Gasteiger partial charge in [-0.15, -0.1) is 10.2 Å². The summed E-state index contributed by atoms with van der Waals surface area (Å²) < 4.78 is 2.32. The monoisotopic (exact) mass is 241 g/mol. The Morgan fingerprint density at radius 1 is 1.22 bits per heavy atom. The van der Waals surface area contributed by atoms with Crippen molar-refractivity contribution in [3.05, 3.63) is 41.3 Å². The Bertz CT molecular complexity index is 666. The molecule has 5 nitrogen and oxygen atoms in total. The molecule has 92 valence electrons. The summed E-state index contributed by atoms with van der Waals surface area (Å²) in [6.07, 6.45) is 0.787. The number of aryl methyl sites for hydroxylation is 3. The van der Waals surface area contributed by atoms with Crippen molar-refractivity contribution in [2.75, 3.05) is 0 Å². The van der Waals surface area contributed by atoms with Gasteiger partial charge in [0.05, 0.1) is 0 Å². The lowest BCUT2D eigenvalue weighted by Gasteiger charge is -2.06. The molecule has 0 saturated carbocycles. The number of aromatic amines is 1. The Hall–Kier alpha value is -2.17. The van der Waals surface area contributed by atoms with Crippen molar-refractivity contribution >= 4 is 10.9 Å². The fraction of sp³-hybridized carbons (Fsp3) is 0.308. The number of nitrogens with one attached hydrogen (secondary N) is 1. The largest absolute Gasteiger partial charge is 0.344 e. The molecule has 0 radical (unpaired) electrons. The van der Waals surface area contributed by atoms with E-state index in [-0.39, 0.29) is 0 Å². The Labute approximate surface area is 105 Å². The number of nitrogens with zero attached hydrogens (tertiary/aromatic N) is 4. The first kappa shape index (κ1) is 11.0. The van der Waals surface area contributed by atoms with Crippen LogP contribution in [0, 0.1) is 13.8 Å². The van der Waals surface area contributed by atoms with Gasteiger partial charge in [0.15, 0.2) is 5.82 Å². The lowest BCUT2D eigenvalue weighted by molar-refractivity contribution is 0.677. The summed E-state index contributed by atoms with van der Waals surface area (Å²) in [4.78, 5) is 0. The minimum absolute atomic E-state index is 0.754. The van der Waals surface area contributed by atoms with Gasteiger partial charge in [0, 0.05) is 29.6 Å². The van der Waals surface area contributed by atoms with Gasteiger partial charge in [-0.2, -0.15) is 5.21 Å². The molecule has 0 unspecified atom stereocenters. The molecular weight excluding hydrogens is 226 g/mol. The van der Waals surface area contributed by atoms with Gasteiger partial charge in [-0.05, 0) is 25.5 Å². The van der Waals surface area contributed by atoms with Crippen LogP contribution in [-0.2, 0) is 13.0 Å². The highest BCUT2D eigenvalue weighted by Gasteiger charge is 2.10. The number of tetrazole rings is 1. The van der Waals surface area contributed by atoms with Crippen LogP contribution in [0.1, 0.15) is 17.1 Å². The van der Waals surface area contributed by atoms with E-state index in [1.165, 1.54) is 22.2 Å². The topological polar surface area (TPSA) is 59.4 Å². The van der Waals surface area contributed by atoms with E-state index in [1.54, 1.807) is 0 Å². The quantitative estimate of drug-likeness (QED) is 0.763. The van der Waals surface area contributed by atoms with Crippen LogP contribution in [0.2, 0.25) is 0 Å². The Balaban J connectivity index is 1.98. The maximum Gasteiger partial charge on any atom is 0.176 e. The molecule has 5 heteroatoms. The zero-order valence-electron chi connectivity index (χ0n) is 10.5. The van der Waals surface area contributed by atoms with Crippen LogP contribution in [0.3, 0.4) is 0 Å². The third-order valence-corrected chi connectivity index (χ3v) is 3.49. The van der Waals surface area contributed by atoms with Crippen LogP contribution in [0.25, 0.3) is 10.9 Å². The van der Waals surface area contributed by atoms with Gasteiger partial charge in [-0.1, -0.05) is 23.4 Å². The van der Waals surface area contributed by atoms with Crippen molar-refractivity contribution in [1.82, 2.24) is 25.2 Å². The molecule has 0 aliphatic rings. The second-order valence-corrected chi connectivity index (χ2v) is 4.46. The highest BCUT2D eigenvalue weighted by molar-refractivity contribution is 5.85. The molecule has 0 aliphatic heterocycles. The number of rotatable bonds is 3. The molecule has 0 bridgehead atoms. The summed E-state index contributed by atoms with van der Waals surface area (Å²) in [5.41, 5.74) is 3.93. The summed E-state index contributed by atoms with van der Waals surface area (Å²) in [6.45, 7) is 5.20. The first-order chi connectivity index (χ1) is 8.77. The highest BCUT2D eigenvalue weighted by atomic mass is 15.5. The zero-order valence-corrected chi connectivity index (χ0v) is 10.5. The second-order valence-electron chi connectivity index (χ2n) is 4.46. The molecule has 18 heavy (non-hydrogen) atoms. The van der Waals surface area contributed by atoms with E-state index < -0.39 is 0 Å². The lowest BCUT2D eigenvalue weighted by atomic mass is 10.2. The molecule has 1 N–H and O–H groups in total. The van der Waals surface area contributed by atoms with Gasteiger partial charge in [-0.25, -0.2) is 0 Å². The van der Waals surface area contributed by atoms with Gasteiger partial charge >= 0.3 is 0 Å². The van der Waals surface area contributed by atoms with Crippen LogP contribution in [0.4, 0.5) is 0 Å². The smallest absolute Gasteiger partial charge is 0.176 e. The third-order valence-electron chi connectivity index (χ3n) is 3.49. The molecule has 0 fully saturated rings. The van der Waals surface area contributed by atoms with Crippen molar-refractivity contribution in [1.29, 1.82) is 0 Å². The molecule has 0 aliphatic carbocycles. The maximum absolute atomic E-state index is 3.99. The lowest BCUT2D eigenvalue weighted by Crippen LogP contribution is -2.04. The predicted octanol–water partition coefficient (Wildman–Crippen LogP) is 2.01. The van der Waals surface area contributed by atoms with Crippen molar-refractivity contribution < 1.29 is 0 Å². The third kappa shape index (κ3) is 1.68. The van der Waals surface area contributed by atoms with Crippen molar-refractivity contribution in [2.45, 2.75) is 26.8 Å². The summed E-state index contributed by atoms with van der Waals surface area (Å²) in [6, 6.07) is 8.48. The maximum atomic E-state index is 3.99. The number of hydrogen-bond acceptors (Lipinski definition) is 3. The highest BCUT2D eigenvalue weighted by Crippen LogP contribution is 2.24. The molecule has 3 aromatic rings. The summed E-state index contributed by atoms with van der Waals surface area (Å²) in [5.74, 6) is 0.754. The van der Waals surface area contributed by atoms with Gasteiger partial charge in [0.1, 0.15) is 0 Å². The van der Waals surface area contributed by atoms with Crippen LogP contribution in [0.5, 0.6) is 0 Å². The van der Waals surface area contributed by atoms with E-state index in [4.69, 9.17) is 0 Å². The van der Waals surface area contributed by atoms with Crippen LogP contribution in [-0.4, -0.2) is 25.2 Å². The SMILES string of the molecule is Cc1c(C)n(CCc2nn[nH]n2)c2ccccc12. The van der Waals surface area contributed by atoms with Gasteiger partial charge < -0.3 is 4.57 Å². The first-order valence-corrected chi connectivity index (χ1v) is 6.04. The number of aromatic nitrogens is 5. The predicted molar refractivity (Wildman–Crippen MR) is 69.3 cm³/mol. The molecule has 2 aromatic heterocycles. The zero-order chi connectivity index (χ0) is 12.5. The summed E-state index contributed by atoms with van der Waals surface area (Å²) in [7, 11) is 0. The van der Waals surface area contributed by atoms with Crippen LogP contribution >= 0.6 is 0 Å². The molecule has 3 rings (SSSR count). The summed E-state index contributed by atoms with van der Waals surface area (Å²) in [5, 5.41) is 15.4. The first-order valence-electron chi connectivity index (χ1n) is 6.04. The van der Waals surface area contributed by atoms with Crippen molar-refractivity contribution in [3.8, 4) is 0 Å². The minimum atomic E-state index is 0.754. The fourth-order valence-electron chi connectivity index (χ4n) is 2.39. The van der Waals surface area contributed by atoms with E-state index in [1.807, 2.05) is 0 Å². The molecule has 0 saturated heterocycles. The molecule has 0 spiro atoms. The van der Waals surface area contributed by atoms with E-state index >= 15 is 0 Å². The van der Waals surface area contributed by atoms with Gasteiger partial charge in [0.25, 0.3) is 0 Å². The molecule has 0 atom stereocenters. The van der Waals surface area contributed by atoms with Crippen molar-refractivity contribution in [2.24, 2.45) is 0 Å². The van der Waals surface area contributed by atoms with E-state index in [2.05, 4.69) is 63.3 Å².